The van der Waals surface area contributed by atoms with Crippen LogP contribution in [-0.2, 0) is 4.79 Å². The molecule has 0 radical (unpaired) electrons. The lowest BCUT2D eigenvalue weighted by Gasteiger charge is -2.26. The van der Waals surface area contributed by atoms with Crippen LogP contribution < -0.4 is 10.6 Å². The molecule has 0 saturated heterocycles. The summed E-state index contributed by atoms with van der Waals surface area (Å²) >= 11 is 5.96. The quantitative estimate of drug-likeness (QED) is 0.462. The lowest BCUT2D eigenvalue weighted by atomic mass is 10.4. The number of rotatable bonds is 1. The van der Waals surface area contributed by atoms with Crippen molar-refractivity contribution in [3.8, 4) is 0 Å². The van der Waals surface area contributed by atoms with Crippen LogP contribution in [0.3, 0.4) is 0 Å². The summed E-state index contributed by atoms with van der Waals surface area (Å²) in [5, 5.41) is 3.90. The van der Waals surface area contributed by atoms with Crippen molar-refractivity contribution in [2.75, 3.05) is 5.32 Å². The van der Waals surface area contributed by atoms with Crippen molar-refractivity contribution in [2.45, 2.75) is 12.2 Å². The Labute approximate surface area is 84.8 Å². The summed E-state index contributed by atoms with van der Waals surface area (Å²) in [4.78, 5) is 21.6. The van der Waals surface area contributed by atoms with E-state index in [9.17, 15) is 4.79 Å². The molecule has 2 heterocycles. The first kappa shape index (κ1) is 9.01. The second-order valence-corrected chi connectivity index (χ2v) is 3.40. The average molecular weight is 214 g/mol. The van der Waals surface area contributed by atoms with E-state index < -0.39 is 5.25 Å². The van der Waals surface area contributed by atoms with Crippen LogP contribution in [-0.4, -0.2) is 27.3 Å². The molecule has 1 aromatic heterocycles. The molecule has 1 aliphatic rings. The molecular weight excluding hydrogens is 206 g/mol. The highest BCUT2D eigenvalue weighted by atomic mass is 35.5. The second-order valence-electron chi connectivity index (χ2n) is 2.85. The Morgan fingerprint density at radius 3 is 3.21 bits per heavy atom. The van der Waals surface area contributed by atoms with E-state index in [2.05, 4.69) is 25.6 Å². The molecule has 1 aromatic rings. The van der Waals surface area contributed by atoms with Gasteiger partial charge in [-0.2, -0.15) is 0 Å². The summed E-state index contributed by atoms with van der Waals surface area (Å²) in [6.07, 6.45) is 3.03. The average Bonchev–Trinajstić information content (AvgIpc) is 2.48. The number of aliphatic imine (C=N–C) groups is 1. The molecule has 3 N–H and O–H groups in total. The van der Waals surface area contributed by atoms with Crippen molar-refractivity contribution in [3.05, 3.63) is 12.0 Å². The number of aromatic nitrogens is 2. The number of carbonyl (C=O) groups is 1. The van der Waals surface area contributed by atoms with Crippen molar-refractivity contribution in [1.29, 1.82) is 0 Å². The summed E-state index contributed by atoms with van der Waals surface area (Å²) in [6, 6.07) is 0. The number of aromatic amines is 1. The number of fused-ring (bicyclic) bond motifs is 1. The third kappa shape index (κ3) is 1.56. The standard InChI is InChI=1S/C7H8ClN5O/c1-4(14)12-7(8)11-2-5-6(13-7)10-3-9-5/h2-3,13H,1H3,(H,9,10)(H,12,14). The molecule has 6 nitrogen and oxygen atoms in total. The summed E-state index contributed by atoms with van der Waals surface area (Å²) in [6.45, 7) is 1.36. The number of nitrogens with one attached hydrogen (secondary N) is 3. The molecule has 0 spiro atoms. The fourth-order valence-corrected chi connectivity index (χ4v) is 1.41. The van der Waals surface area contributed by atoms with Crippen molar-refractivity contribution < 1.29 is 4.79 Å². The maximum Gasteiger partial charge on any atom is 0.290 e. The van der Waals surface area contributed by atoms with Crippen molar-refractivity contribution in [1.82, 2.24) is 15.3 Å². The first-order valence-corrected chi connectivity index (χ1v) is 4.31. The monoisotopic (exact) mass is 213 g/mol. The van der Waals surface area contributed by atoms with Gasteiger partial charge in [0.15, 0.2) is 5.82 Å². The number of H-pyrrole nitrogens is 1. The fraction of sp³-hybridized carbons (Fsp3) is 0.286. The minimum Gasteiger partial charge on any atom is -0.342 e. The molecule has 1 atom stereocenters. The van der Waals surface area contributed by atoms with Gasteiger partial charge in [-0.25, -0.2) is 9.98 Å². The third-order valence-corrected chi connectivity index (χ3v) is 1.95. The molecule has 7 heteroatoms. The third-order valence-electron chi connectivity index (χ3n) is 1.67. The van der Waals surface area contributed by atoms with E-state index in [1.165, 1.54) is 19.5 Å². The molecule has 0 aliphatic carbocycles. The number of amides is 1. The number of anilines is 1. The Kier molecular flexibility index (Phi) is 1.92. The predicted octanol–water partition coefficient (Wildman–Crippen LogP) is 0.240. The Morgan fingerprint density at radius 2 is 2.50 bits per heavy atom. The van der Waals surface area contributed by atoms with E-state index in [0.717, 1.165) is 5.69 Å². The zero-order valence-corrected chi connectivity index (χ0v) is 8.09. The molecule has 0 saturated carbocycles. The largest absolute Gasteiger partial charge is 0.342 e. The zero-order chi connectivity index (χ0) is 10.2. The molecule has 0 bridgehead atoms. The minimum atomic E-state index is -1.33. The van der Waals surface area contributed by atoms with Gasteiger partial charge in [-0.3, -0.25) is 4.79 Å². The Hall–Kier alpha value is -1.56. The van der Waals surface area contributed by atoms with Gasteiger partial charge in [0, 0.05) is 6.92 Å². The zero-order valence-electron chi connectivity index (χ0n) is 7.34. The fourth-order valence-electron chi connectivity index (χ4n) is 1.14. The van der Waals surface area contributed by atoms with Gasteiger partial charge < -0.3 is 15.6 Å². The van der Waals surface area contributed by atoms with Gasteiger partial charge in [0.2, 0.25) is 5.91 Å². The topological polar surface area (TPSA) is 82.2 Å². The molecule has 14 heavy (non-hydrogen) atoms. The van der Waals surface area contributed by atoms with Gasteiger partial charge in [-0.1, -0.05) is 0 Å². The van der Waals surface area contributed by atoms with Crippen LogP contribution >= 0.6 is 11.6 Å². The SMILES string of the molecule is CC(=O)NC1(Cl)N=Cc2[nH]cnc2N1. The van der Waals surface area contributed by atoms with Crippen LogP contribution in [0.4, 0.5) is 5.82 Å². The van der Waals surface area contributed by atoms with Gasteiger partial charge >= 0.3 is 0 Å². The Morgan fingerprint density at radius 1 is 1.71 bits per heavy atom. The Balaban J connectivity index is 2.24. The number of carbonyl (C=O) groups excluding carboxylic acids is 1. The van der Waals surface area contributed by atoms with Crippen LogP contribution in [0, 0.1) is 0 Å². The van der Waals surface area contributed by atoms with E-state index in [-0.39, 0.29) is 5.91 Å². The van der Waals surface area contributed by atoms with Crippen LogP contribution in [0.1, 0.15) is 12.6 Å². The van der Waals surface area contributed by atoms with E-state index in [1.807, 2.05) is 0 Å². The normalized spacial score (nSPS) is 23.9. The summed E-state index contributed by atoms with van der Waals surface area (Å²) in [5.74, 6) is 0.285. The second kappa shape index (κ2) is 2.98. The van der Waals surface area contributed by atoms with Gasteiger partial charge in [0.25, 0.3) is 5.25 Å². The van der Waals surface area contributed by atoms with Gasteiger partial charge in [-0.15, -0.1) is 0 Å². The minimum absolute atomic E-state index is 0.274. The highest BCUT2D eigenvalue weighted by Gasteiger charge is 2.31. The number of halogens is 1. The lowest BCUT2D eigenvalue weighted by molar-refractivity contribution is -0.119. The lowest BCUT2D eigenvalue weighted by Crippen LogP contribution is -2.49. The number of alkyl halides is 1. The summed E-state index contributed by atoms with van der Waals surface area (Å²) < 4.78 is 0. The van der Waals surface area contributed by atoms with Crippen LogP contribution in [0.25, 0.3) is 0 Å². The van der Waals surface area contributed by atoms with Gasteiger partial charge in [0.05, 0.1) is 12.5 Å². The van der Waals surface area contributed by atoms with Gasteiger partial charge in [-0.05, 0) is 11.6 Å². The first-order chi connectivity index (χ1) is 6.59. The van der Waals surface area contributed by atoms with E-state index in [4.69, 9.17) is 11.6 Å². The molecule has 1 unspecified atom stereocenters. The molecule has 74 valence electrons. The predicted molar refractivity (Wildman–Crippen MR) is 52.2 cm³/mol. The summed E-state index contributed by atoms with van der Waals surface area (Å²) in [7, 11) is 0. The van der Waals surface area contributed by atoms with E-state index in [1.54, 1.807) is 0 Å². The first-order valence-electron chi connectivity index (χ1n) is 3.93. The van der Waals surface area contributed by atoms with Crippen molar-refractivity contribution >= 4 is 29.5 Å². The number of nitrogens with zero attached hydrogens (tertiary/aromatic N) is 2. The highest BCUT2D eigenvalue weighted by molar-refractivity contribution is 6.26. The maximum absolute atomic E-state index is 10.8. The Bertz CT molecular complexity index is 401. The molecular formula is C7H8ClN5O. The van der Waals surface area contributed by atoms with Crippen LogP contribution in [0.5, 0.6) is 0 Å². The molecule has 1 amide bonds. The molecule has 2 rings (SSSR count). The highest BCUT2D eigenvalue weighted by Crippen LogP contribution is 2.22. The van der Waals surface area contributed by atoms with Crippen molar-refractivity contribution in [2.24, 2.45) is 4.99 Å². The van der Waals surface area contributed by atoms with E-state index in [0.29, 0.717) is 5.82 Å². The molecule has 0 aromatic carbocycles. The van der Waals surface area contributed by atoms with Crippen LogP contribution in [0.15, 0.2) is 11.3 Å². The van der Waals surface area contributed by atoms with Crippen LogP contribution in [0.2, 0.25) is 0 Å². The summed E-state index contributed by atoms with van der Waals surface area (Å²) in [5.41, 5.74) is 0.728. The smallest absolute Gasteiger partial charge is 0.290 e. The number of imidazole rings is 1. The van der Waals surface area contributed by atoms with Gasteiger partial charge in [0.1, 0.15) is 5.69 Å². The van der Waals surface area contributed by atoms with Crippen molar-refractivity contribution in [3.63, 3.8) is 0 Å². The molecule has 1 aliphatic heterocycles. The van der Waals surface area contributed by atoms with E-state index >= 15 is 0 Å². The number of hydrogen-bond donors (Lipinski definition) is 3. The number of hydrogen-bond acceptors (Lipinski definition) is 4. The molecule has 0 fully saturated rings. The maximum atomic E-state index is 10.8.